The zero-order valence-corrected chi connectivity index (χ0v) is 9.17. The Balaban J connectivity index is 1.81. The number of ether oxygens (including phenoxy) is 1. The van der Waals surface area contributed by atoms with Crippen LogP contribution < -0.4 is 5.32 Å². The summed E-state index contributed by atoms with van der Waals surface area (Å²) in [5, 5.41) is 12.1. The fourth-order valence-electron chi connectivity index (χ4n) is 1.82. The predicted octanol–water partition coefficient (Wildman–Crippen LogP) is 1.31. The van der Waals surface area contributed by atoms with Gasteiger partial charge in [0.25, 0.3) is 0 Å². The van der Waals surface area contributed by atoms with Crippen molar-refractivity contribution in [1.29, 1.82) is 0 Å². The quantitative estimate of drug-likeness (QED) is 0.582. The van der Waals surface area contributed by atoms with Crippen LogP contribution in [-0.2, 0) is 4.74 Å². The standard InChI is InChI=1S/C11H23NO2/c1-2-14-11-8-10(9-11)12-6-4-3-5-7-13/h10-13H,2-9H2,1H3. The van der Waals surface area contributed by atoms with Gasteiger partial charge in [0.15, 0.2) is 0 Å². The Morgan fingerprint density at radius 2 is 2.07 bits per heavy atom. The summed E-state index contributed by atoms with van der Waals surface area (Å²) in [6.07, 6.45) is 6.10. The van der Waals surface area contributed by atoms with Gasteiger partial charge in [-0.05, 0) is 45.6 Å². The summed E-state index contributed by atoms with van der Waals surface area (Å²) in [6, 6.07) is 0.681. The van der Waals surface area contributed by atoms with E-state index in [0.717, 1.165) is 26.0 Å². The molecule has 0 aromatic heterocycles. The lowest BCUT2D eigenvalue weighted by Crippen LogP contribution is -2.45. The number of aliphatic hydroxyl groups excluding tert-OH is 1. The highest BCUT2D eigenvalue weighted by Crippen LogP contribution is 2.22. The van der Waals surface area contributed by atoms with Crippen LogP contribution >= 0.6 is 0 Å². The Morgan fingerprint density at radius 3 is 2.71 bits per heavy atom. The van der Waals surface area contributed by atoms with Gasteiger partial charge in [-0.15, -0.1) is 0 Å². The third-order valence-electron chi connectivity index (χ3n) is 2.77. The lowest BCUT2D eigenvalue weighted by Gasteiger charge is -2.35. The molecule has 1 aliphatic carbocycles. The average Bonchev–Trinajstić information content (AvgIpc) is 2.13. The Bertz CT molecular complexity index is 135. The van der Waals surface area contributed by atoms with Gasteiger partial charge in [0.05, 0.1) is 6.10 Å². The molecule has 0 aliphatic heterocycles. The number of unbranched alkanes of at least 4 members (excludes halogenated alkanes) is 2. The molecule has 0 radical (unpaired) electrons. The number of aliphatic hydroxyl groups is 1. The van der Waals surface area contributed by atoms with Crippen molar-refractivity contribution >= 4 is 0 Å². The molecule has 1 fully saturated rings. The van der Waals surface area contributed by atoms with Gasteiger partial charge in [-0.3, -0.25) is 0 Å². The van der Waals surface area contributed by atoms with E-state index in [4.69, 9.17) is 9.84 Å². The highest BCUT2D eigenvalue weighted by Gasteiger charge is 2.28. The molecule has 0 atom stereocenters. The Labute approximate surface area is 86.8 Å². The first kappa shape index (κ1) is 12.0. The molecule has 0 unspecified atom stereocenters. The van der Waals surface area contributed by atoms with Gasteiger partial charge in [0.2, 0.25) is 0 Å². The number of nitrogens with one attached hydrogen (secondary N) is 1. The van der Waals surface area contributed by atoms with E-state index in [1.54, 1.807) is 0 Å². The van der Waals surface area contributed by atoms with Crippen molar-refractivity contribution in [3.05, 3.63) is 0 Å². The molecule has 0 amide bonds. The van der Waals surface area contributed by atoms with Crippen LogP contribution in [0.1, 0.15) is 39.0 Å². The summed E-state index contributed by atoms with van der Waals surface area (Å²) < 4.78 is 5.48. The highest BCUT2D eigenvalue weighted by molar-refractivity contribution is 4.85. The molecule has 84 valence electrons. The van der Waals surface area contributed by atoms with Crippen LogP contribution in [0.15, 0.2) is 0 Å². The van der Waals surface area contributed by atoms with Crippen molar-refractivity contribution in [2.24, 2.45) is 0 Å². The minimum atomic E-state index is 0.329. The van der Waals surface area contributed by atoms with Crippen LogP contribution in [0, 0.1) is 0 Å². The van der Waals surface area contributed by atoms with E-state index in [2.05, 4.69) is 12.2 Å². The molecule has 0 bridgehead atoms. The molecule has 3 heteroatoms. The lowest BCUT2D eigenvalue weighted by atomic mass is 9.89. The van der Waals surface area contributed by atoms with Crippen LogP contribution in [0.25, 0.3) is 0 Å². The van der Waals surface area contributed by atoms with Crippen molar-refractivity contribution in [2.75, 3.05) is 19.8 Å². The molecule has 1 rings (SSSR count). The summed E-state index contributed by atoms with van der Waals surface area (Å²) in [5.41, 5.74) is 0. The predicted molar refractivity (Wildman–Crippen MR) is 57.4 cm³/mol. The highest BCUT2D eigenvalue weighted by atomic mass is 16.5. The van der Waals surface area contributed by atoms with Gasteiger partial charge in [0, 0.05) is 19.3 Å². The van der Waals surface area contributed by atoms with E-state index in [0.29, 0.717) is 18.8 Å². The van der Waals surface area contributed by atoms with E-state index in [1.165, 1.54) is 19.3 Å². The smallest absolute Gasteiger partial charge is 0.0604 e. The van der Waals surface area contributed by atoms with Crippen LogP contribution in [-0.4, -0.2) is 37.0 Å². The van der Waals surface area contributed by atoms with E-state index in [-0.39, 0.29) is 0 Å². The van der Waals surface area contributed by atoms with Gasteiger partial charge < -0.3 is 15.2 Å². The summed E-state index contributed by atoms with van der Waals surface area (Å²) in [5.74, 6) is 0. The van der Waals surface area contributed by atoms with Crippen LogP contribution in [0.5, 0.6) is 0 Å². The molecule has 2 N–H and O–H groups in total. The Morgan fingerprint density at radius 1 is 1.29 bits per heavy atom. The van der Waals surface area contributed by atoms with Crippen molar-refractivity contribution in [3.8, 4) is 0 Å². The minimum absolute atomic E-state index is 0.329. The maximum absolute atomic E-state index is 8.59. The van der Waals surface area contributed by atoms with Crippen molar-refractivity contribution in [2.45, 2.75) is 51.2 Å². The summed E-state index contributed by atoms with van der Waals surface area (Å²) in [6.45, 7) is 4.31. The first-order valence-electron chi connectivity index (χ1n) is 5.82. The second kappa shape index (κ2) is 7.21. The summed E-state index contributed by atoms with van der Waals surface area (Å²) in [4.78, 5) is 0. The molecule has 3 nitrogen and oxygen atoms in total. The van der Waals surface area contributed by atoms with E-state index in [1.807, 2.05) is 0 Å². The average molecular weight is 201 g/mol. The maximum atomic E-state index is 8.59. The molecule has 1 aliphatic rings. The molecule has 0 aromatic carbocycles. The first-order chi connectivity index (χ1) is 6.86. The van der Waals surface area contributed by atoms with Gasteiger partial charge >= 0.3 is 0 Å². The number of hydrogen-bond acceptors (Lipinski definition) is 3. The van der Waals surface area contributed by atoms with E-state index in [9.17, 15) is 0 Å². The molecular weight excluding hydrogens is 178 g/mol. The van der Waals surface area contributed by atoms with Gasteiger partial charge in [-0.2, -0.15) is 0 Å². The summed E-state index contributed by atoms with van der Waals surface area (Å²) in [7, 11) is 0. The molecule has 0 heterocycles. The molecule has 1 saturated carbocycles. The van der Waals surface area contributed by atoms with E-state index < -0.39 is 0 Å². The number of rotatable bonds is 8. The zero-order valence-electron chi connectivity index (χ0n) is 9.17. The minimum Gasteiger partial charge on any atom is -0.396 e. The lowest BCUT2D eigenvalue weighted by molar-refractivity contribution is -0.00976. The molecule has 0 spiro atoms. The zero-order chi connectivity index (χ0) is 10.2. The second-order valence-electron chi connectivity index (χ2n) is 3.98. The molecule has 0 saturated heterocycles. The fraction of sp³-hybridized carbons (Fsp3) is 1.00. The second-order valence-corrected chi connectivity index (χ2v) is 3.98. The Kier molecular flexibility index (Phi) is 6.15. The topological polar surface area (TPSA) is 41.5 Å². The maximum Gasteiger partial charge on any atom is 0.0604 e. The molecule has 0 aromatic rings. The fourth-order valence-corrected chi connectivity index (χ4v) is 1.82. The van der Waals surface area contributed by atoms with Gasteiger partial charge in [-0.25, -0.2) is 0 Å². The Hall–Kier alpha value is -0.120. The largest absolute Gasteiger partial charge is 0.396 e. The first-order valence-corrected chi connectivity index (χ1v) is 5.82. The third-order valence-corrected chi connectivity index (χ3v) is 2.77. The van der Waals surface area contributed by atoms with Crippen molar-refractivity contribution in [1.82, 2.24) is 5.32 Å². The van der Waals surface area contributed by atoms with Crippen LogP contribution in [0.2, 0.25) is 0 Å². The number of hydrogen-bond donors (Lipinski definition) is 2. The van der Waals surface area contributed by atoms with Crippen LogP contribution in [0.3, 0.4) is 0 Å². The van der Waals surface area contributed by atoms with Crippen molar-refractivity contribution in [3.63, 3.8) is 0 Å². The monoisotopic (exact) mass is 201 g/mol. The normalized spacial score (nSPS) is 26.1. The van der Waals surface area contributed by atoms with Crippen molar-refractivity contribution < 1.29 is 9.84 Å². The SMILES string of the molecule is CCOC1CC(NCCCCCO)C1. The molecule has 14 heavy (non-hydrogen) atoms. The van der Waals surface area contributed by atoms with Gasteiger partial charge in [0.1, 0.15) is 0 Å². The van der Waals surface area contributed by atoms with Gasteiger partial charge in [-0.1, -0.05) is 0 Å². The van der Waals surface area contributed by atoms with E-state index >= 15 is 0 Å². The van der Waals surface area contributed by atoms with Crippen LogP contribution in [0.4, 0.5) is 0 Å². The molecular formula is C11H23NO2. The third kappa shape index (κ3) is 4.40. The summed E-state index contributed by atoms with van der Waals surface area (Å²) >= 11 is 0.